The molecule has 0 saturated heterocycles. The topological polar surface area (TPSA) is 64.5 Å². The highest BCUT2D eigenvalue weighted by Crippen LogP contribution is 2.40. The maximum Gasteiger partial charge on any atom is 0.164 e. The van der Waals surface area contributed by atoms with Crippen molar-refractivity contribution in [2.24, 2.45) is 0 Å². The molecule has 0 fully saturated rings. The second-order valence-electron chi connectivity index (χ2n) is 15.7. The lowest BCUT2D eigenvalue weighted by atomic mass is 9.88. The summed E-state index contributed by atoms with van der Waals surface area (Å²) < 4.78 is 0. The number of nitrogens with zero attached hydrogens (tertiary/aromatic N) is 5. The Hall–Kier alpha value is -8.67. The van der Waals surface area contributed by atoms with E-state index in [1.807, 2.05) is 97.1 Å². The summed E-state index contributed by atoms with van der Waals surface area (Å²) in [6.45, 7) is 0. The van der Waals surface area contributed by atoms with Gasteiger partial charge in [0.25, 0.3) is 0 Å². The SMILES string of the molecule is c1ccc(-c2cc(-c3ccc(-c4ccc(-c5c(-c6cccc(-c7nc(-c8ccccc8)nc(-c8ccccc8)n7)c6)ccc6ccccc56)cc4)cc3)nc(-c3ccccc3)n2)cc1. The van der Waals surface area contributed by atoms with E-state index in [1.54, 1.807) is 0 Å². The summed E-state index contributed by atoms with van der Waals surface area (Å²) in [4.78, 5) is 25.0. The highest BCUT2D eigenvalue weighted by molar-refractivity contribution is 6.04. The highest BCUT2D eigenvalue weighted by Gasteiger charge is 2.17. The molecule has 300 valence electrons. The molecule has 0 aliphatic heterocycles. The van der Waals surface area contributed by atoms with Crippen LogP contribution in [-0.4, -0.2) is 24.9 Å². The maximum atomic E-state index is 5.04. The molecule has 2 aromatic heterocycles. The van der Waals surface area contributed by atoms with Crippen LogP contribution in [0.1, 0.15) is 0 Å². The minimum absolute atomic E-state index is 0.625. The van der Waals surface area contributed by atoms with Crippen LogP contribution in [0.2, 0.25) is 0 Å². The van der Waals surface area contributed by atoms with Gasteiger partial charge in [0.1, 0.15) is 0 Å². The van der Waals surface area contributed by atoms with Gasteiger partial charge in [0.05, 0.1) is 11.4 Å². The molecule has 5 nitrogen and oxygen atoms in total. The van der Waals surface area contributed by atoms with Crippen LogP contribution in [0.3, 0.4) is 0 Å². The minimum Gasteiger partial charge on any atom is -0.228 e. The van der Waals surface area contributed by atoms with Gasteiger partial charge in [-0.2, -0.15) is 0 Å². The Bertz CT molecular complexity index is 3280. The summed E-state index contributed by atoms with van der Waals surface area (Å²) in [5, 5.41) is 2.38. The Balaban J connectivity index is 0.945. The number of benzene rings is 9. The number of aromatic nitrogens is 5. The summed E-state index contributed by atoms with van der Waals surface area (Å²) in [7, 11) is 0. The van der Waals surface area contributed by atoms with Crippen molar-refractivity contribution in [1.82, 2.24) is 24.9 Å². The van der Waals surface area contributed by atoms with E-state index in [1.165, 1.54) is 16.3 Å². The van der Waals surface area contributed by atoms with Crippen molar-refractivity contribution >= 4 is 10.8 Å². The first kappa shape index (κ1) is 38.3. The largest absolute Gasteiger partial charge is 0.228 e. The Labute approximate surface area is 372 Å². The average Bonchev–Trinajstić information content (AvgIpc) is 3.39. The first-order valence-electron chi connectivity index (χ1n) is 21.4. The summed E-state index contributed by atoms with van der Waals surface area (Å²) in [5.74, 6) is 2.61. The highest BCUT2D eigenvalue weighted by atomic mass is 15.0. The Morgan fingerprint density at radius 2 is 0.609 bits per heavy atom. The lowest BCUT2D eigenvalue weighted by Gasteiger charge is -2.16. The lowest BCUT2D eigenvalue weighted by Crippen LogP contribution is -2.00. The second kappa shape index (κ2) is 17.0. The van der Waals surface area contributed by atoms with Crippen molar-refractivity contribution in [2.45, 2.75) is 0 Å². The van der Waals surface area contributed by atoms with Crippen LogP contribution in [0.15, 0.2) is 237 Å². The lowest BCUT2D eigenvalue weighted by molar-refractivity contribution is 1.07. The average molecular weight is 818 g/mol. The normalized spacial score (nSPS) is 11.1. The van der Waals surface area contributed by atoms with Gasteiger partial charge in [-0.25, -0.2) is 24.9 Å². The predicted molar refractivity (Wildman–Crippen MR) is 262 cm³/mol. The van der Waals surface area contributed by atoms with Crippen molar-refractivity contribution in [1.29, 1.82) is 0 Å². The van der Waals surface area contributed by atoms with Gasteiger partial charge in [0.2, 0.25) is 0 Å². The van der Waals surface area contributed by atoms with Gasteiger partial charge < -0.3 is 0 Å². The Kier molecular flexibility index (Phi) is 10.2. The van der Waals surface area contributed by atoms with Crippen molar-refractivity contribution in [3.8, 4) is 101 Å². The number of hydrogen-bond acceptors (Lipinski definition) is 5. The molecule has 0 saturated carbocycles. The van der Waals surface area contributed by atoms with E-state index in [0.29, 0.717) is 23.3 Å². The molecule has 0 aliphatic rings. The third kappa shape index (κ3) is 7.74. The van der Waals surface area contributed by atoms with Gasteiger partial charge in [-0.1, -0.05) is 224 Å². The molecule has 0 radical (unpaired) electrons. The quantitative estimate of drug-likeness (QED) is 0.145. The molecule has 11 aromatic rings. The Morgan fingerprint density at radius 1 is 0.219 bits per heavy atom. The molecule has 0 amide bonds. The van der Waals surface area contributed by atoms with Crippen LogP contribution in [0, 0.1) is 0 Å². The van der Waals surface area contributed by atoms with Gasteiger partial charge in [0, 0.05) is 33.4 Å². The van der Waals surface area contributed by atoms with E-state index in [2.05, 4.69) is 140 Å². The molecule has 5 heteroatoms. The van der Waals surface area contributed by atoms with Gasteiger partial charge in [-0.15, -0.1) is 0 Å². The van der Waals surface area contributed by atoms with Gasteiger partial charge >= 0.3 is 0 Å². The van der Waals surface area contributed by atoms with E-state index in [0.717, 1.165) is 72.6 Å². The molecule has 0 spiro atoms. The first-order valence-corrected chi connectivity index (χ1v) is 21.4. The van der Waals surface area contributed by atoms with Crippen molar-refractivity contribution in [3.05, 3.63) is 237 Å². The van der Waals surface area contributed by atoms with E-state index in [-0.39, 0.29) is 0 Å². The molecule has 0 atom stereocenters. The minimum atomic E-state index is 0.625. The zero-order valence-corrected chi connectivity index (χ0v) is 34.8. The molecular formula is C59H39N5. The van der Waals surface area contributed by atoms with E-state index in [4.69, 9.17) is 24.9 Å². The zero-order chi connectivity index (χ0) is 42.7. The van der Waals surface area contributed by atoms with Crippen LogP contribution in [0.25, 0.3) is 112 Å². The fourth-order valence-corrected chi connectivity index (χ4v) is 8.32. The van der Waals surface area contributed by atoms with Crippen LogP contribution in [0.5, 0.6) is 0 Å². The van der Waals surface area contributed by atoms with Crippen molar-refractivity contribution in [2.75, 3.05) is 0 Å². The molecule has 64 heavy (non-hydrogen) atoms. The number of rotatable bonds is 9. The first-order chi connectivity index (χ1) is 31.7. The summed E-state index contributed by atoms with van der Waals surface area (Å²) >= 11 is 0. The van der Waals surface area contributed by atoms with Gasteiger partial charge in [0.15, 0.2) is 23.3 Å². The van der Waals surface area contributed by atoms with Crippen LogP contribution in [0.4, 0.5) is 0 Å². The third-order valence-electron chi connectivity index (χ3n) is 11.6. The predicted octanol–water partition coefficient (Wildman–Crippen LogP) is 14.8. The number of fused-ring (bicyclic) bond motifs is 1. The van der Waals surface area contributed by atoms with Gasteiger partial charge in [-0.05, 0) is 56.3 Å². The molecule has 0 unspecified atom stereocenters. The summed E-state index contributed by atoms with van der Waals surface area (Å²) in [6.07, 6.45) is 0. The fraction of sp³-hybridized carbons (Fsp3) is 0. The molecule has 0 bridgehead atoms. The molecule has 2 heterocycles. The van der Waals surface area contributed by atoms with E-state index < -0.39 is 0 Å². The zero-order valence-electron chi connectivity index (χ0n) is 34.8. The summed E-state index contributed by atoms with van der Waals surface area (Å²) in [6, 6.07) is 81.9. The smallest absolute Gasteiger partial charge is 0.164 e. The van der Waals surface area contributed by atoms with Gasteiger partial charge in [-0.3, -0.25) is 0 Å². The van der Waals surface area contributed by atoms with Crippen LogP contribution in [-0.2, 0) is 0 Å². The van der Waals surface area contributed by atoms with Crippen molar-refractivity contribution < 1.29 is 0 Å². The number of hydrogen-bond donors (Lipinski definition) is 0. The third-order valence-corrected chi connectivity index (χ3v) is 11.6. The Morgan fingerprint density at radius 3 is 1.16 bits per heavy atom. The fourth-order valence-electron chi connectivity index (χ4n) is 8.32. The molecule has 0 aliphatic carbocycles. The monoisotopic (exact) mass is 817 g/mol. The summed E-state index contributed by atoms with van der Waals surface area (Å²) in [5.41, 5.74) is 14.4. The van der Waals surface area contributed by atoms with E-state index in [9.17, 15) is 0 Å². The van der Waals surface area contributed by atoms with Crippen LogP contribution >= 0.6 is 0 Å². The van der Waals surface area contributed by atoms with E-state index >= 15 is 0 Å². The molecule has 11 rings (SSSR count). The maximum absolute atomic E-state index is 5.04. The molecule has 0 N–H and O–H groups in total. The van der Waals surface area contributed by atoms with Crippen LogP contribution < -0.4 is 0 Å². The molecule has 9 aromatic carbocycles. The van der Waals surface area contributed by atoms with Crippen molar-refractivity contribution in [3.63, 3.8) is 0 Å². The molecular weight excluding hydrogens is 779 g/mol. The standard InChI is InChI=1S/C59H39N5/c1-5-17-43(18-6-1)53-39-54(61-56(60-53)46-19-7-2-8-20-46)44-32-28-40(29-33-44)41-30-34-45(35-31-41)55-51-27-14-13-16-42(51)36-37-52(55)49-25-15-26-50(38-49)59-63-57(47-21-9-3-10-22-47)62-58(64-59)48-23-11-4-12-24-48/h1-39H. The second-order valence-corrected chi connectivity index (χ2v) is 15.7.